The van der Waals surface area contributed by atoms with Crippen LogP contribution in [-0.4, -0.2) is 21.1 Å². The SMILES string of the molecule is Cc1nn(C)cc1C(O)CC(F)(F)F. The summed E-state index contributed by atoms with van der Waals surface area (Å²) >= 11 is 0. The van der Waals surface area contributed by atoms with Crippen LogP contribution in [0.2, 0.25) is 0 Å². The molecule has 6 heteroatoms. The molecular formula is C8H11F3N2O. The van der Waals surface area contributed by atoms with E-state index >= 15 is 0 Å². The molecule has 1 N–H and O–H groups in total. The van der Waals surface area contributed by atoms with Crippen molar-refractivity contribution >= 4 is 0 Å². The molecule has 1 aromatic heterocycles. The summed E-state index contributed by atoms with van der Waals surface area (Å²) in [5, 5.41) is 13.1. The van der Waals surface area contributed by atoms with E-state index in [-0.39, 0.29) is 5.56 Å². The van der Waals surface area contributed by atoms with Gasteiger partial charge in [0, 0.05) is 18.8 Å². The molecule has 0 spiro atoms. The molecule has 0 aliphatic heterocycles. The fraction of sp³-hybridized carbons (Fsp3) is 0.625. The first kappa shape index (κ1) is 11.0. The Balaban J connectivity index is 2.79. The predicted molar refractivity (Wildman–Crippen MR) is 43.6 cm³/mol. The number of halogens is 3. The van der Waals surface area contributed by atoms with E-state index in [9.17, 15) is 18.3 Å². The van der Waals surface area contributed by atoms with Crippen molar-refractivity contribution in [3.63, 3.8) is 0 Å². The molecule has 0 aliphatic rings. The van der Waals surface area contributed by atoms with Crippen LogP contribution >= 0.6 is 0 Å². The fourth-order valence-electron chi connectivity index (χ4n) is 1.27. The molecule has 0 radical (unpaired) electrons. The summed E-state index contributed by atoms with van der Waals surface area (Å²) in [6.45, 7) is 1.56. The van der Waals surface area contributed by atoms with Gasteiger partial charge in [-0.25, -0.2) is 0 Å². The van der Waals surface area contributed by atoms with Gasteiger partial charge in [0.05, 0.1) is 18.2 Å². The van der Waals surface area contributed by atoms with Gasteiger partial charge in [0.1, 0.15) is 0 Å². The van der Waals surface area contributed by atoms with Gasteiger partial charge < -0.3 is 5.11 Å². The Morgan fingerprint density at radius 3 is 2.50 bits per heavy atom. The maximum atomic E-state index is 11.9. The molecule has 1 atom stereocenters. The molecule has 0 aromatic carbocycles. The van der Waals surface area contributed by atoms with Gasteiger partial charge >= 0.3 is 6.18 Å². The lowest BCUT2D eigenvalue weighted by Gasteiger charge is -2.11. The van der Waals surface area contributed by atoms with Crippen LogP contribution < -0.4 is 0 Å². The van der Waals surface area contributed by atoms with Crippen molar-refractivity contribution in [2.75, 3.05) is 0 Å². The van der Waals surface area contributed by atoms with Gasteiger partial charge in [-0.15, -0.1) is 0 Å². The normalized spacial score (nSPS) is 14.4. The van der Waals surface area contributed by atoms with Crippen molar-refractivity contribution < 1.29 is 18.3 Å². The van der Waals surface area contributed by atoms with E-state index in [1.165, 1.54) is 10.9 Å². The summed E-state index contributed by atoms with van der Waals surface area (Å²) in [5.41, 5.74) is 0.647. The van der Waals surface area contributed by atoms with E-state index in [2.05, 4.69) is 5.10 Å². The van der Waals surface area contributed by atoms with Gasteiger partial charge in [0.15, 0.2) is 0 Å². The van der Waals surface area contributed by atoms with Crippen LogP contribution in [0.4, 0.5) is 13.2 Å². The maximum absolute atomic E-state index is 11.9. The molecule has 0 amide bonds. The molecule has 3 nitrogen and oxygen atoms in total. The van der Waals surface area contributed by atoms with E-state index in [0.29, 0.717) is 5.69 Å². The molecule has 1 unspecified atom stereocenters. The van der Waals surface area contributed by atoms with Crippen LogP contribution in [0, 0.1) is 6.92 Å². The van der Waals surface area contributed by atoms with Crippen molar-refractivity contribution in [3.05, 3.63) is 17.5 Å². The summed E-state index contributed by atoms with van der Waals surface area (Å²) in [7, 11) is 1.59. The third-order valence-electron chi connectivity index (χ3n) is 1.84. The third-order valence-corrected chi connectivity index (χ3v) is 1.84. The summed E-state index contributed by atoms with van der Waals surface area (Å²) < 4.78 is 37.2. The number of rotatable bonds is 2. The van der Waals surface area contributed by atoms with Crippen molar-refractivity contribution in [1.29, 1.82) is 0 Å². The van der Waals surface area contributed by atoms with Crippen molar-refractivity contribution in [2.24, 2.45) is 7.05 Å². The van der Waals surface area contributed by atoms with Gasteiger partial charge in [-0.1, -0.05) is 0 Å². The van der Waals surface area contributed by atoms with Crippen LogP contribution in [0.5, 0.6) is 0 Å². The largest absolute Gasteiger partial charge is 0.391 e. The van der Waals surface area contributed by atoms with E-state index in [0.717, 1.165) is 0 Å². The smallest absolute Gasteiger partial charge is 0.388 e. The van der Waals surface area contributed by atoms with Crippen molar-refractivity contribution in [1.82, 2.24) is 9.78 Å². The highest BCUT2D eigenvalue weighted by molar-refractivity contribution is 5.18. The number of hydrogen-bond donors (Lipinski definition) is 1. The Morgan fingerprint density at radius 2 is 2.14 bits per heavy atom. The number of aryl methyl sites for hydroxylation is 2. The predicted octanol–water partition coefficient (Wildman–Crippen LogP) is 1.71. The van der Waals surface area contributed by atoms with Crippen LogP contribution in [0.3, 0.4) is 0 Å². The van der Waals surface area contributed by atoms with Gasteiger partial charge in [0.25, 0.3) is 0 Å². The second-order valence-electron chi connectivity index (χ2n) is 3.18. The van der Waals surface area contributed by atoms with Gasteiger partial charge in [-0.05, 0) is 6.92 Å². The number of hydrogen-bond acceptors (Lipinski definition) is 2. The van der Waals surface area contributed by atoms with Crippen LogP contribution in [0.15, 0.2) is 6.20 Å². The standard InChI is InChI=1S/C8H11F3N2O/c1-5-6(4-13(2)12-5)7(14)3-8(9,10)11/h4,7,14H,3H2,1-2H3. The highest BCUT2D eigenvalue weighted by Gasteiger charge is 2.32. The van der Waals surface area contributed by atoms with Crippen molar-refractivity contribution in [2.45, 2.75) is 25.6 Å². The minimum absolute atomic E-state index is 0.227. The first-order valence-corrected chi connectivity index (χ1v) is 4.04. The molecule has 0 saturated carbocycles. The molecule has 1 rings (SSSR count). The number of aliphatic hydroxyl groups excluding tert-OH is 1. The molecule has 0 saturated heterocycles. The summed E-state index contributed by atoms with van der Waals surface area (Å²) in [6, 6.07) is 0. The van der Waals surface area contributed by atoms with Crippen LogP contribution in [0.1, 0.15) is 23.8 Å². The molecule has 1 aromatic rings. The first-order valence-electron chi connectivity index (χ1n) is 4.04. The minimum Gasteiger partial charge on any atom is -0.388 e. The van der Waals surface area contributed by atoms with E-state index < -0.39 is 18.7 Å². The Bertz CT molecular complexity index is 319. The second kappa shape index (κ2) is 3.61. The maximum Gasteiger partial charge on any atom is 0.391 e. The van der Waals surface area contributed by atoms with Gasteiger partial charge in [-0.3, -0.25) is 4.68 Å². The molecule has 80 valence electrons. The molecule has 0 fully saturated rings. The Morgan fingerprint density at radius 1 is 1.57 bits per heavy atom. The second-order valence-corrected chi connectivity index (χ2v) is 3.18. The van der Waals surface area contributed by atoms with Crippen LogP contribution in [0.25, 0.3) is 0 Å². The summed E-state index contributed by atoms with van der Waals surface area (Å²) in [5.74, 6) is 0. The summed E-state index contributed by atoms with van der Waals surface area (Å²) in [6.07, 6.45) is -5.73. The average molecular weight is 208 g/mol. The minimum atomic E-state index is -4.36. The Kier molecular flexibility index (Phi) is 2.84. The number of aliphatic hydroxyl groups is 1. The van der Waals surface area contributed by atoms with E-state index in [1.54, 1.807) is 14.0 Å². The zero-order chi connectivity index (χ0) is 10.9. The first-order chi connectivity index (χ1) is 6.29. The Labute approximate surface area is 79.2 Å². The van der Waals surface area contributed by atoms with E-state index in [1.807, 2.05) is 0 Å². The zero-order valence-corrected chi connectivity index (χ0v) is 7.84. The lowest BCUT2D eigenvalue weighted by atomic mass is 10.1. The quantitative estimate of drug-likeness (QED) is 0.803. The highest BCUT2D eigenvalue weighted by atomic mass is 19.4. The van der Waals surface area contributed by atoms with Gasteiger partial charge in [-0.2, -0.15) is 18.3 Å². The van der Waals surface area contributed by atoms with E-state index in [4.69, 9.17) is 0 Å². The average Bonchev–Trinajstić information content (AvgIpc) is 2.26. The van der Waals surface area contributed by atoms with Crippen LogP contribution in [-0.2, 0) is 7.05 Å². The molecule has 0 bridgehead atoms. The monoisotopic (exact) mass is 208 g/mol. The lowest BCUT2D eigenvalue weighted by Crippen LogP contribution is -2.13. The third kappa shape index (κ3) is 2.73. The fourth-order valence-corrected chi connectivity index (χ4v) is 1.27. The summed E-state index contributed by atoms with van der Waals surface area (Å²) in [4.78, 5) is 0. The van der Waals surface area contributed by atoms with Crippen molar-refractivity contribution in [3.8, 4) is 0 Å². The Hall–Kier alpha value is -1.04. The zero-order valence-electron chi connectivity index (χ0n) is 7.84. The molecule has 14 heavy (non-hydrogen) atoms. The lowest BCUT2D eigenvalue weighted by molar-refractivity contribution is -0.154. The highest BCUT2D eigenvalue weighted by Crippen LogP contribution is 2.30. The van der Waals surface area contributed by atoms with Gasteiger partial charge in [0.2, 0.25) is 0 Å². The molecular weight excluding hydrogens is 197 g/mol. The number of nitrogens with zero attached hydrogens (tertiary/aromatic N) is 2. The number of alkyl halides is 3. The molecule has 0 aliphatic carbocycles. The molecule has 1 heterocycles. The number of aromatic nitrogens is 2. The topological polar surface area (TPSA) is 38.0 Å².